The topological polar surface area (TPSA) is 24.9 Å². The van der Waals surface area contributed by atoms with E-state index in [4.69, 9.17) is 0 Å². The van der Waals surface area contributed by atoms with Crippen LogP contribution in [0.5, 0.6) is 0 Å². The van der Waals surface area contributed by atoms with Gasteiger partial charge in [0.25, 0.3) is 0 Å². The molecule has 2 aromatic heterocycles. The predicted molar refractivity (Wildman–Crippen MR) is 88.9 cm³/mol. The molecule has 0 amide bonds. The molecule has 2 nitrogen and oxygen atoms in total. The third-order valence-electron chi connectivity index (χ3n) is 3.59. The van der Waals surface area contributed by atoms with Crippen molar-refractivity contribution in [3.05, 3.63) is 50.8 Å². The maximum Gasteiger partial charge on any atom is 0.0900 e. The van der Waals surface area contributed by atoms with Crippen molar-refractivity contribution < 1.29 is 0 Å². The van der Waals surface area contributed by atoms with Crippen molar-refractivity contribution in [3.8, 4) is 0 Å². The first-order valence-electron chi connectivity index (χ1n) is 6.75. The molecule has 0 bridgehead atoms. The SMILES string of the molecule is CNC(Cc1csc2ccccc12)c1sc(C)nc1C. The average Bonchev–Trinajstić information content (AvgIpc) is 3.00. The molecule has 0 aliphatic rings. The first kappa shape index (κ1) is 13.7. The van der Waals surface area contributed by atoms with E-state index >= 15 is 0 Å². The number of hydrogen-bond acceptors (Lipinski definition) is 4. The van der Waals surface area contributed by atoms with Gasteiger partial charge in [0, 0.05) is 15.6 Å². The summed E-state index contributed by atoms with van der Waals surface area (Å²) in [5.74, 6) is 0. The van der Waals surface area contributed by atoms with Gasteiger partial charge < -0.3 is 5.32 Å². The number of aromatic nitrogens is 1. The van der Waals surface area contributed by atoms with Crippen molar-refractivity contribution in [2.24, 2.45) is 0 Å². The van der Waals surface area contributed by atoms with Gasteiger partial charge in [-0.15, -0.1) is 22.7 Å². The largest absolute Gasteiger partial charge is 0.312 e. The van der Waals surface area contributed by atoms with Crippen molar-refractivity contribution in [2.75, 3.05) is 7.05 Å². The zero-order valence-corrected chi connectivity index (χ0v) is 13.6. The molecule has 0 spiro atoms. The lowest BCUT2D eigenvalue weighted by Gasteiger charge is -2.14. The number of nitrogens with one attached hydrogen (secondary N) is 1. The minimum Gasteiger partial charge on any atom is -0.312 e. The summed E-state index contributed by atoms with van der Waals surface area (Å²) >= 11 is 3.64. The summed E-state index contributed by atoms with van der Waals surface area (Å²) < 4.78 is 1.37. The van der Waals surface area contributed by atoms with Gasteiger partial charge in [-0.2, -0.15) is 0 Å². The van der Waals surface area contributed by atoms with Gasteiger partial charge in [0.1, 0.15) is 0 Å². The molecule has 3 rings (SSSR count). The van der Waals surface area contributed by atoms with E-state index in [1.54, 1.807) is 11.3 Å². The zero-order chi connectivity index (χ0) is 14.1. The van der Waals surface area contributed by atoms with E-state index in [-0.39, 0.29) is 0 Å². The first-order chi connectivity index (χ1) is 9.69. The van der Waals surface area contributed by atoms with E-state index in [1.165, 1.54) is 20.5 Å². The second-order valence-corrected chi connectivity index (χ2v) is 7.13. The Balaban J connectivity index is 1.94. The van der Waals surface area contributed by atoms with Gasteiger partial charge in [0.2, 0.25) is 0 Å². The quantitative estimate of drug-likeness (QED) is 0.768. The summed E-state index contributed by atoms with van der Waals surface area (Å²) in [7, 11) is 2.04. The van der Waals surface area contributed by atoms with Crippen LogP contribution in [0.15, 0.2) is 29.6 Å². The van der Waals surface area contributed by atoms with E-state index in [1.807, 2.05) is 18.4 Å². The first-order valence-corrected chi connectivity index (χ1v) is 8.45. The lowest BCUT2D eigenvalue weighted by Crippen LogP contribution is -2.18. The van der Waals surface area contributed by atoms with E-state index < -0.39 is 0 Å². The summed E-state index contributed by atoms with van der Waals surface area (Å²) in [6.07, 6.45) is 1.02. The Bertz CT molecular complexity index is 727. The molecule has 0 radical (unpaired) electrons. The molecule has 2 heterocycles. The Morgan fingerprint density at radius 1 is 1.25 bits per heavy atom. The van der Waals surface area contributed by atoms with Gasteiger partial charge in [-0.3, -0.25) is 0 Å². The summed E-state index contributed by atoms with van der Waals surface area (Å²) in [6, 6.07) is 8.99. The Morgan fingerprint density at radius 2 is 2.05 bits per heavy atom. The molecule has 0 fully saturated rings. The predicted octanol–water partition coefficient (Wildman–Crippen LogP) is 4.48. The van der Waals surface area contributed by atoms with Gasteiger partial charge in [0.15, 0.2) is 0 Å². The van der Waals surface area contributed by atoms with Crippen molar-refractivity contribution in [1.29, 1.82) is 0 Å². The van der Waals surface area contributed by atoms with Crippen LogP contribution in [-0.2, 0) is 6.42 Å². The third-order valence-corrected chi connectivity index (χ3v) is 5.79. The summed E-state index contributed by atoms with van der Waals surface area (Å²) in [6.45, 7) is 4.18. The van der Waals surface area contributed by atoms with Crippen LogP contribution in [0.1, 0.15) is 27.2 Å². The highest BCUT2D eigenvalue weighted by Crippen LogP contribution is 2.32. The normalized spacial score (nSPS) is 12.9. The van der Waals surface area contributed by atoms with E-state index in [0.717, 1.165) is 17.1 Å². The lowest BCUT2D eigenvalue weighted by atomic mass is 10.0. The highest BCUT2D eigenvalue weighted by Gasteiger charge is 2.18. The van der Waals surface area contributed by atoms with Gasteiger partial charge >= 0.3 is 0 Å². The van der Waals surface area contributed by atoms with Crippen molar-refractivity contribution in [2.45, 2.75) is 26.3 Å². The van der Waals surface area contributed by atoms with Crippen LogP contribution in [-0.4, -0.2) is 12.0 Å². The molecule has 1 atom stereocenters. The fourth-order valence-corrected chi connectivity index (χ4v) is 4.62. The fourth-order valence-electron chi connectivity index (χ4n) is 2.61. The highest BCUT2D eigenvalue weighted by atomic mass is 32.1. The van der Waals surface area contributed by atoms with Crippen LogP contribution in [0.4, 0.5) is 0 Å². The Hall–Kier alpha value is -1.23. The molecular formula is C16H18N2S2. The number of thiophene rings is 1. The number of benzene rings is 1. The van der Waals surface area contributed by atoms with E-state index in [9.17, 15) is 0 Å². The standard InChI is InChI=1S/C16H18N2S2/c1-10-16(20-11(2)18-10)14(17-3)8-12-9-19-15-7-5-4-6-13(12)15/h4-7,9,14,17H,8H2,1-3H3. The van der Waals surface area contributed by atoms with Crippen molar-refractivity contribution in [3.63, 3.8) is 0 Å². The summed E-state index contributed by atoms with van der Waals surface area (Å²) in [4.78, 5) is 5.91. The van der Waals surface area contributed by atoms with Gasteiger partial charge in [-0.05, 0) is 49.7 Å². The molecule has 0 saturated carbocycles. The van der Waals surface area contributed by atoms with Gasteiger partial charge in [-0.25, -0.2) is 4.98 Å². The monoisotopic (exact) mass is 302 g/mol. The smallest absolute Gasteiger partial charge is 0.0900 e. The van der Waals surface area contributed by atoms with Crippen LogP contribution in [0.2, 0.25) is 0 Å². The minimum absolute atomic E-state index is 0.346. The van der Waals surface area contributed by atoms with E-state index in [2.05, 4.69) is 53.8 Å². The van der Waals surface area contributed by atoms with E-state index in [0.29, 0.717) is 6.04 Å². The molecule has 3 aromatic rings. The number of likely N-dealkylation sites (N-methyl/N-ethyl adjacent to an activating group) is 1. The fraction of sp³-hybridized carbons (Fsp3) is 0.312. The molecule has 4 heteroatoms. The Morgan fingerprint density at radius 3 is 2.75 bits per heavy atom. The molecule has 20 heavy (non-hydrogen) atoms. The Kier molecular flexibility index (Phi) is 3.87. The Labute approximate surface area is 127 Å². The van der Waals surface area contributed by atoms with Crippen LogP contribution in [0.3, 0.4) is 0 Å². The molecule has 104 valence electrons. The van der Waals surface area contributed by atoms with Crippen LogP contribution in [0, 0.1) is 13.8 Å². The van der Waals surface area contributed by atoms with Crippen molar-refractivity contribution >= 4 is 32.8 Å². The molecule has 0 aliphatic heterocycles. The summed E-state index contributed by atoms with van der Waals surface area (Å²) in [5, 5.41) is 8.27. The minimum atomic E-state index is 0.346. The average molecular weight is 302 g/mol. The number of rotatable bonds is 4. The number of thiazole rings is 1. The maximum absolute atomic E-state index is 4.55. The van der Waals surface area contributed by atoms with Gasteiger partial charge in [0.05, 0.1) is 10.7 Å². The number of aryl methyl sites for hydroxylation is 2. The summed E-state index contributed by atoms with van der Waals surface area (Å²) in [5.41, 5.74) is 2.58. The molecule has 0 saturated heterocycles. The van der Waals surface area contributed by atoms with Crippen LogP contribution < -0.4 is 5.32 Å². The molecular weight excluding hydrogens is 284 g/mol. The molecule has 0 aliphatic carbocycles. The highest BCUT2D eigenvalue weighted by molar-refractivity contribution is 7.17. The number of hydrogen-bond donors (Lipinski definition) is 1. The van der Waals surface area contributed by atoms with Gasteiger partial charge in [-0.1, -0.05) is 18.2 Å². The molecule has 1 aromatic carbocycles. The van der Waals surface area contributed by atoms with Crippen LogP contribution >= 0.6 is 22.7 Å². The maximum atomic E-state index is 4.55. The lowest BCUT2D eigenvalue weighted by molar-refractivity contribution is 0.600. The third kappa shape index (κ3) is 2.51. The molecule has 1 unspecified atom stereocenters. The molecule has 1 N–H and O–H groups in total. The number of nitrogens with zero attached hydrogens (tertiary/aromatic N) is 1. The number of fused-ring (bicyclic) bond motifs is 1. The second kappa shape index (κ2) is 5.64. The second-order valence-electron chi connectivity index (χ2n) is 4.99. The zero-order valence-electron chi connectivity index (χ0n) is 11.9. The van der Waals surface area contributed by atoms with Crippen LogP contribution in [0.25, 0.3) is 10.1 Å². The van der Waals surface area contributed by atoms with Crippen molar-refractivity contribution in [1.82, 2.24) is 10.3 Å².